The first-order chi connectivity index (χ1) is 11.7. The normalized spacial score (nSPS) is 12.6. The molecule has 1 aromatic carbocycles. The lowest BCUT2D eigenvalue weighted by atomic mass is 10.1. The Bertz CT molecular complexity index is 745. The molecule has 0 spiro atoms. The first-order valence-corrected chi connectivity index (χ1v) is 7.38. The second-order valence-corrected chi connectivity index (χ2v) is 5.48. The fourth-order valence-corrected chi connectivity index (χ4v) is 1.99. The number of amides is 1. The zero-order chi connectivity index (χ0) is 18.6. The summed E-state index contributed by atoms with van der Waals surface area (Å²) in [6.45, 7) is 1.84. The number of aromatic nitrogens is 1. The Morgan fingerprint density at radius 2 is 2.00 bits per heavy atom. The Balaban J connectivity index is 1.99. The number of carbonyl (C=O) groups excluding carboxylic acids is 1. The van der Waals surface area contributed by atoms with Crippen LogP contribution in [-0.4, -0.2) is 23.7 Å². The number of carbonyl (C=O) groups is 1. The summed E-state index contributed by atoms with van der Waals surface area (Å²) in [5, 5.41) is 2.65. The van der Waals surface area contributed by atoms with Gasteiger partial charge in [0.1, 0.15) is 11.6 Å². The van der Waals surface area contributed by atoms with E-state index in [0.717, 1.165) is 12.3 Å². The minimum Gasteiger partial charge on any atom is -0.483 e. The molecule has 8 heteroatoms. The van der Waals surface area contributed by atoms with Crippen LogP contribution in [0.15, 0.2) is 36.5 Å². The summed E-state index contributed by atoms with van der Waals surface area (Å²) < 4.78 is 54.3. The maximum absolute atomic E-state index is 13.5. The van der Waals surface area contributed by atoms with Crippen LogP contribution < -0.4 is 10.1 Å². The maximum Gasteiger partial charge on any atom is 0.422 e. The number of aryl methyl sites for hydroxylation is 1. The van der Waals surface area contributed by atoms with Gasteiger partial charge < -0.3 is 10.1 Å². The van der Waals surface area contributed by atoms with Gasteiger partial charge in [0, 0.05) is 5.56 Å². The lowest BCUT2D eigenvalue weighted by Crippen LogP contribution is -2.27. The molecule has 134 valence electrons. The second kappa shape index (κ2) is 7.50. The molecular formula is C17H16F4N2O2. The van der Waals surface area contributed by atoms with Crippen molar-refractivity contribution in [2.24, 2.45) is 0 Å². The van der Waals surface area contributed by atoms with E-state index in [9.17, 15) is 22.4 Å². The van der Waals surface area contributed by atoms with Crippen molar-refractivity contribution in [3.8, 4) is 5.75 Å². The first kappa shape index (κ1) is 18.7. The van der Waals surface area contributed by atoms with Crippen molar-refractivity contribution >= 4 is 5.91 Å². The van der Waals surface area contributed by atoms with Gasteiger partial charge >= 0.3 is 6.18 Å². The molecule has 1 N–H and O–H groups in total. The molecule has 0 saturated heterocycles. The minimum absolute atomic E-state index is 0.0276. The average Bonchev–Trinajstić information content (AvgIpc) is 2.55. The molecule has 1 amide bonds. The molecule has 1 atom stereocenters. The molecule has 1 aromatic heterocycles. The van der Waals surface area contributed by atoms with Crippen LogP contribution in [0.3, 0.4) is 0 Å². The number of alkyl halides is 3. The third-order valence-electron chi connectivity index (χ3n) is 3.39. The van der Waals surface area contributed by atoms with Gasteiger partial charge in [-0.25, -0.2) is 4.39 Å². The number of halogens is 4. The molecular weight excluding hydrogens is 340 g/mol. The van der Waals surface area contributed by atoms with Crippen LogP contribution in [0.25, 0.3) is 0 Å². The Hall–Kier alpha value is -2.64. The van der Waals surface area contributed by atoms with Crippen LogP contribution in [-0.2, 0) is 0 Å². The van der Waals surface area contributed by atoms with Crippen LogP contribution in [0.5, 0.6) is 5.75 Å². The molecule has 0 aliphatic heterocycles. The lowest BCUT2D eigenvalue weighted by molar-refractivity contribution is -0.153. The number of rotatable bonds is 5. The van der Waals surface area contributed by atoms with Gasteiger partial charge in [-0.2, -0.15) is 13.2 Å². The standard InChI is InChI=1S/C17H16F4N2O2/c1-10-3-4-12(7-14(10)18)16(24)23-11(2)15-6-5-13(8-22-15)25-9-17(19,20)21/h3-8,11H,9H2,1-2H3,(H,23,24). The Kier molecular flexibility index (Phi) is 5.61. The van der Waals surface area contributed by atoms with Gasteiger partial charge in [-0.1, -0.05) is 6.07 Å². The van der Waals surface area contributed by atoms with Gasteiger partial charge in [0.05, 0.1) is 17.9 Å². The zero-order valence-electron chi connectivity index (χ0n) is 13.5. The topological polar surface area (TPSA) is 51.2 Å². The highest BCUT2D eigenvalue weighted by molar-refractivity contribution is 5.94. The van der Waals surface area contributed by atoms with Gasteiger partial charge in [0.25, 0.3) is 5.91 Å². The van der Waals surface area contributed by atoms with E-state index in [-0.39, 0.29) is 11.3 Å². The SMILES string of the molecule is Cc1ccc(C(=O)NC(C)c2ccc(OCC(F)(F)F)cn2)cc1F. The summed E-state index contributed by atoms with van der Waals surface area (Å²) >= 11 is 0. The number of ether oxygens (including phenoxy) is 1. The summed E-state index contributed by atoms with van der Waals surface area (Å²) in [5.74, 6) is -0.990. The number of nitrogens with one attached hydrogen (secondary N) is 1. The third kappa shape index (κ3) is 5.44. The summed E-state index contributed by atoms with van der Waals surface area (Å²) in [6, 6.07) is 6.41. The van der Waals surface area contributed by atoms with E-state index < -0.39 is 30.5 Å². The number of benzene rings is 1. The molecule has 4 nitrogen and oxygen atoms in total. The minimum atomic E-state index is -4.43. The van der Waals surface area contributed by atoms with Crippen molar-refractivity contribution in [3.05, 3.63) is 59.2 Å². The monoisotopic (exact) mass is 356 g/mol. The molecule has 0 radical (unpaired) electrons. The fraction of sp³-hybridized carbons (Fsp3) is 0.294. The molecule has 0 aliphatic rings. The highest BCUT2D eigenvalue weighted by Crippen LogP contribution is 2.19. The zero-order valence-corrected chi connectivity index (χ0v) is 13.5. The van der Waals surface area contributed by atoms with E-state index in [1.165, 1.54) is 24.3 Å². The Morgan fingerprint density at radius 1 is 1.28 bits per heavy atom. The van der Waals surface area contributed by atoms with Gasteiger partial charge in [-0.3, -0.25) is 9.78 Å². The largest absolute Gasteiger partial charge is 0.483 e. The van der Waals surface area contributed by atoms with Gasteiger partial charge in [-0.05, 0) is 43.7 Å². The van der Waals surface area contributed by atoms with E-state index in [4.69, 9.17) is 0 Å². The van der Waals surface area contributed by atoms with Crippen molar-refractivity contribution in [2.45, 2.75) is 26.1 Å². The van der Waals surface area contributed by atoms with Crippen molar-refractivity contribution in [1.82, 2.24) is 10.3 Å². The maximum atomic E-state index is 13.5. The van der Waals surface area contributed by atoms with Gasteiger partial charge in [0.2, 0.25) is 0 Å². The third-order valence-corrected chi connectivity index (χ3v) is 3.39. The van der Waals surface area contributed by atoms with Crippen molar-refractivity contribution in [2.75, 3.05) is 6.61 Å². The molecule has 1 heterocycles. The van der Waals surface area contributed by atoms with Crippen LogP contribution in [0, 0.1) is 12.7 Å². The van der Waals surface area contributed by atoms with Crippen LogP contribution in [0.1, 0.15) is 34.6 Å². The van der Waals surface area contributed by atoms with E-state index in [2.05, 4.69) is 15.0 Å². The van der Waals surface area contributed by atoms with Gasteiger partial charge in [-0.15, -0.1) is 0 Å². The summed E-state index contributed by atoms with van der Waals surface area (Å²) in [6.07, 6.45) is -3.28. The number of hydrogen-bond donors (Lipinski definition) is 1. The van der Waals surface area contributed by atoms with Crippen molar-refractivity contribution in [1.29, 1.82) is 0 Å². The van der Waals surface area contributed by atoms with E-state index in [1.54, 1.807) is 13.8 Å². The molecule has 1 unspecified atom stereocenters. The van der Waals surface area contributed by atoms with Gasteiger partial charge in [0.15, 0.2) is 6.61 Å². The smallest absolute Gasteiger partial charge is 0.422 e. The predicted molar refractivity (Wildman–Crippen MR) is 82.8 cm³/mol. The van der Waals surface area contributed by atoms with Crippen LogP contribution >= 0.6 is 0 Å². The molecule has 2 rings (SSSR count). The predicted octanol–water partition coefficient (Wildman–Crippen LogP) is 3.96. The quantitative estimate of drug-likeness (QED) is 0.825. The summed E-state index contributed by atoms with van der Waals surface area (Å²) in [4.78, 5) is 16.1. The Morgan fingerprint density at radius 3 is 2.56 bits per heavy atom. The number of nitrogens with zero attached hydrogens (tertiary/aromatic N) is 1. The molecule has 0 saturated carbocycles. The first-order valence-electron chi connectivity index (χ1n) is 7.38. The highest BCUT2D eigenvalue weighted by Gasteiger charge is 2.28. The van der Waals surface area contributed by atoms with Crippen molar-refractivity contribution < 1.29 is 27.1 Å². The number of hydrogen-bond acceptors (Lipinski definition) is 3. The highest BCUT2D eigenvalue weighted by atomic mass is 19.4. The lowest BCUT2D eigenvalue weighted by Gasteiger charge is -2.15. The second-order valence-electron chi connectivity index (χ2n) is 5.48. The summed E-state index contributed by atoms with van der Waals surface area (Å²) in [7, 11) is 0. The van der Waals surface area contributed by atoms with E-state index >= 15 is 0 Å². The molecule has 0 aliphatic carbocycles. The molecule has 25 heavy (non-hydrogen) atoms. The molecule has 2 aromatic rings. The molecule has 0 fully saturated rings. The number of pyridine rings is 1. The van der Waals surface area contributed by atoms with Crippen molar-refractivity contribution in [3.63, 3.8) is 0 Å². The van der Waals surface area contributed by atoms with E-state index in [0.29, 0.717) is 11.3 Å². The van der Waals surface area contributed by atoms with Crippen LogP contribution in [0.4, 0.5) is 17.6 Å². The Labute approximate surface area is 141 Å². The average molecular weight is 356 g/mol. The fourth-order valence-electron chi connectivity index (χ4n) is 1.99. The van der Waals surface area contributed by atoms with E-state index in [1.807, 2.05) is 0 Å². The van der Waals surface area contributed by atoms with Crippen LogP contribution in [0.2, 0.25) is 0 Å². The summed E-state index contributed by atoms with van der Waals surface area (Å²) in [5.41, 5.74) is 1.03. The molecule has 0 bridgehead atoms.